The topological polar surface area (TPSA) is 70.2 Å². The van der Waals surface area contributed by atoms with E-state index in [1.165, 1.54) is 0 Å². The quantitative estimate of drug-likeness (QED) is 0.777. The van der Waals surface area contributed by atoms with Gasteiger partial charge in [0.05, 0.1) is 6.04 Å². The summed E-state index contributed by atoms with van der Waals surface area (Å²) in [5.74, 6) is 1.69. The summed E-state index contributed by atoms with van der Waals surface area (Å²) in [4.78, 5) is 23.7. The molecular weight excluding hydrogens is 274 g/mol. The summed E-state index contributed by atoms with van der Waals surface area (Å²) in [5, 5.41) is 8.70. The maximum absolute atomic E-state index is 12.1. The molecule has 1 fully saturated rings. The number of thioether (sulfide) groups is 1. The highest BCUT2D eigenvalue weighted by Crippen LogP contribution is 2.18. The van der Waals surface area contributed by atoms with Gasteiger partial charge in [-0.25, -0.2) is 0 Å². The molecule has 20 heavy (non-hydrogen) atoms. The van der Waals surface area contributed by atoms with Crippen molar-refractivity contribution in [3.63, 3.8) is 0 Å². The Kier molecular flexibility index (Phi) is 5.03. The van der Waals surface area contributed by atoms with E-state index in [0.717, 1.165) is 29.3 Å². The lowest BCUT2D eigenvalue weighted by Gasteiger charge is -2.22. The first-order chi connectivity index (χ1) is 9.61. The average molecular weight is 293 g/mol. The third-order valence-corrected chi connectivity index (χ3v) is 4.27. The fourth-order valence-electron chi connectivity index (χ4n) is 2.04. The molecule has 1 aromatic rings. The van der Waals surface area contributed by atoms with Gasteiger partial charge in [-0.3, -0.25) is 9.59 Å². The normalized spacial score (nSPS) is 18.4. The zero-order chi connectivity index (χ0) is 14.5. The summed E-state index contributed by atoms with van der Waals surface area (Å²) in [7, 11) is 1.60. The van der Waals surface area contributed by atoms with E-state index in [1.807, 2.05) is 6.92 Å². The highest BCUT2D eigenvalue weighted by atomic mass is 32.2. The number of hydrogen-bond acceptors (Lipinski definition) is 4. The molecule has 2 rings (SSSR count). The summed E-state index contributed by atoms with van der Waals surface area (Å²) in [6, 6.07) is 5.11. The Bertz CT molecular complexity index is 513. The fourth-order valence-corrected chi connectivity index (χ4v) is 2.98. The molecule has 0 aliphatic carbocycles. The average Bonchev–Trinajstić information content (AvgIpc) is 2.49. The first-order valence-electron chi connectivity index (χ1n) is 6.56. The van der Waals surface area contributed by atoms with Crippen LogP contribution in [0.15, 0.2) is 18.2 Å². The van der Waals surface area contributed by atoms with E-state index in [4.69, 9.17) is 0 Å². The van der Waals surface area contributed by atoms with Crippen molar-refractivity contribution in [3.05, 3.63) is 29.3 Å². The van der Waals surface area contributed by atoms with Gasteiger partial charge in [0.25, 0.3) is 5.91 Å². The van der Waals surface area contributed by atoms with Crippen LogP contribution in [0, 0.1) is 6.92 Å². The number of aryl methyl sites for hydroxylation is 1. The predicted octanol–water partition coefficient (Wildman–Crippen LogP) is 0.998. The highest BCUT2D eigenvalue weighted by Gasteiger charge is 2.21. The van der Waals surface area contributed by atoms with Gasteiger partial charge >= 0.3 is 0 Å². The Labute approximate surface area is 122 Å². The van der Waals surface area contributed by atoms with E-state index in [1.54, 1.807) is 37.0 Å². The van der Waals surface area contributed by atoms with Crippen molar-refractivity contribution in [3.8, 4) is 0 Å². The van der Waals surface area contributed by atoms with Gasteiger partial charge in [-0.15, -0.1) is 0 Å². The van der Waals surface area contributed by atoms with Crippen LogP contribution in [0.5, 0.6) is 0 Å². The molecule has 0 saturated carbocycles. The van der Waals surface area contributed by atoms with Crippen molar-refractivity contribution in [1.82, 2.24) is 10.6 Å². The van der Waals surface area contributed by atoms with Gasteiger partial charge in [0.1, 0.15) is 0 Å². The Morgan fingerprint density at radius 1 is 1.40 bits per heavy atom. The van der Waals surface area contributed by atoms with Crippen LogP contribution in [0.2, 0.25) is 0 Å². The molecule has 0 radical (unpaired) electrons. The molecule has 0 spiro atoms. The van der Waals surface area contributed by atoms with Crippen molar-refractivity contribution in [2.75, 3.05) is 30.4 Å². The number of carbonyl (C=O) groups excluding carboxylic acids is 2. The molecule has 1 unspecified atom stereocenters. The molecule has 1 heterocycles. The maximum atomic E-state index is 12.1. The minimum atomic E-state index is -0.147. The van der Waals surface area contributed by atoms with E-state index in [-0.39, 0.29) is 17.9 Å². The lowest BCUT2D eigenvalue weighted by atomic mass is 10.1. The maximum Gasteiger partial charge on any atom is 0.251 e. The van der Waals surface area contributed by atoms with E-state index < -0.39 is 0 Å². The van der Waals surface area contributed by atoms with Crippen molar-refractivity contribution >= 4 is 29.3 Å². The Hall–Kier alpha value is -1.53. The molecule has 3 N–H and O–H groups in total. The zero-order valence-electron chi connectivity index (χ0n) is 11.7. The van der Waals surface area contributed by atoms with Crippen molar-refractivity contribution in [2.45, 2.75) is 13.0 Å². The molecule has 0 aromatic heterocycles. The van der Waals surface area contributed by atoms with Gasteiger partial charge in [-0.05, 0) is 30.7 Å². The molecule has 2 amide bonds. The van der Waals surface area contributed by atoms with Crippen molar-refractivity contribution < 1.29 is 9.59 Å². The van der Waals surface area contributed by atoms with Gasteiger partial charge in [-0.2, -0.15) is 11.8 Å². The van der Waals surface area contributed by atoms with Gasteiger partial charge < -0.3 is 16.0 Å². The smallest absolute Gasteiger partial charge is 0.251 e. The van der Waals surface area contributed by atoms with Gasteiger partial charge in [-0.1, -0.05) is 0 Å². The molecule has 1 aliphatic heterocycles. The first-order valence-corrected chi connectivity index (χ1v) is 7.72. The fraction of sp³-hybridized carbons (Fsp3) is 0.429. The second-order valence-corrected chi connectivity index (χ2v) is 5.83. The standard InChI is InChI=1S/C14H19N3O2S/c1-9-7-10(13(18)15-2)3-4-11(9)17-14(19)12-8-20-6-5-16-12/h3-4,7,12,16H,5-6,8H2,1-2H3,(H,15,18)(H,17,19). The SMILES string of the molecule is CNC(=O)c1ccc(NC(=O)C2CSCCN2)c(C)c1. The van der Waals surface area contributed by atoms with Crippen LogP contribution in [-0.4, -0.2) is 43.0 Å². The molecule has 1 aliphatic rings. The number of rotatable bonds is 3. The minimum Gasteiger partial charge on any atom is -0.355 e. The number of benzene rings is 1. The van der Waals surface area contributed by atoms with Crippen molar-refractivity contribution in [2.24, 2.45) is 0 Å². The molecule has 6 heteroatoms. The Morgan fingerprint density at radius 3 is 2.80 bits per heavy atom. The van der Waals surface area contributed by atoms with Gasteiger partial charge in [0.2, 0.25) is 5.91 Å². The third-order valence-electron chi connectivity index (χ3n) is 3.21. The molecule has 108 valence electrons. The number of anilines is 1. The van der Waals surface area contributed by atoms with Crippen LogP contribution in [-0.2, 0) is 4.79 Å². The molecule has 5 nitrogen and oxygen atoms in total. The number of carbonyl (C=O) groups is 2. The zero-order valence-corrected chi connectivity index (χ0v) is 12.5. The van der Waals surface area contributed by atoms with E-state index in [9.17, 15) is 9.59 Å². The monoisotopic (exact) mass is 293 g/mol. The van der Waals surface area contributed by atoms with Crippen LogP contribution in [0.3, 0.4) is 0 Å². The number of nitrogens with one attached hydrogen (secondary N) is 3. The second-order valence-electron chi connectivity index (χ2n) is 4.68. The Balaban J connectivity index is 2.05. The van der Waals surface area contributed by atoms with E-state index in [2.05, 4.69) is 16.0 Å². The van der Waals surface area contributed by atoms with Crippen molar-refractivity contribution in [1.29, 1.82) is 0 Å². The summed E-state index contributed by atoms with van der Waals surface area (Å²) >= 11 is 1.78. The molecule has 1 saturated heterocycles. The largest absolute Gasteiger partial charge is 0.355 e. The van der Waals surface area contributed by atoms with Gasteiger partial charge in [0, 0.05) is 36.3 Å². The second kappa shape index (κ2) is 6.76. The third kappa shape index (κ3) is 3.52. The summed E-state index contributed by atoms with van der Waals surface area (Å²) < 4.78 is 0. The lowest BCUT2D eigenvalue weighted by molar-refractivity contribution is -0.117. The molecule has 1 atom stereocenters. The van der Waals surface area contributed by atoms with E-state index >= 15 is 0 Å². The molecule has 1 aromatic carbocycles. The first kappa shape index (κ1) is 14.9. The highest BCUT2D eigenvalue weighted by molar-refractivity contribution is 7.99. The number of hydrogen-bond donors (Lipinski definition) is 3. The Morgan fingerprint density at radius 2 is 2.20 bits per heavy atom. The molecule has 0 bridgehead atoms. The summed E-state index contributed by atoms with van der Waals surface area (Å²) in [5.41, 5.74) is 2.22. The van der Waals surface area contributed by atoms with Crippen LogP contribution in [0.25, 0.3) is 0 Å². The minimum absolute atomic E-state index is 0.0204. The van der Waals surface area contributed by atoms with Crippen LogP contribution in [0.4, 0.5) is 5.69 Å². The van der Waals surface area contributed by atoms with Crippen LogP contribution >= 0.6 is 11.8 Å². The summed E-state index contributed by atoms with van der Waals surface area (Å²) in [6.07, 6.45) is 0. The van der Waals surface area contributed by atoms with Crippen LogP contribution in [0.1, 0.15) is 15.9 Å². The molecular formula is C14H19N3O2S. The van der Waals surface area contributed by atoms with Gasteiger partial charge in [0.15, 0.2) is 0 Å². The number of amides is 2. The lowest BCUT2D eigenvalue weighted by Crippen LogP contribution is -2.46. The predicted molar refractivity (Wildman–Crippen MR) is 82.3 cm³/mol. The van der Waals surface area contributed by atoms with E-state index in [0.29, 0.717) is 5.56 Å². The summed E-state index contributed by atoms with van der Waals surface area (Å²) in [6.45, 7) is 2.74. The van der Waals surface area contributed by atoms with Crippen LogP contribution < -0.4 is 16.0 Å².